The first kappa shape index (κ1) is 16.1. The summed E-state index contributed by atoms with van der Waals surface area (Å²) in [5.41, 5.74) is 0.156. The van der Waals surface area contributed by atoms with E-state index in [9.17, 15) is 19.1 Å². The lowest BCUT2D eigenvalue weighted by Crippen LogP contribution is -2.40. The van der Waals surface area contributed by atoms with Crippen molar-refractivity contribution in [2.75, 3.05) is 13.1 Å². The Labute approximate surface area is 117 Å². The Morgan fingerprint density at radius 2 is 2.10 bits per heavy atom. The smallest absolute Gasteiger partial charge is 0.251 e. The van der Waals surface area contributed by atoms with E-state index >= 15 is 0 Å². The van der Waals surface area contributed by atoms with E-state index < -0.39 is 23.7 Å². The Kier molecular flexibility index (Phi) is 6.66. The number of carbonyl (C=O) groups excluding carboxylic acids is 2. The highest BCUT2D eigenvalue weighted by Crippen LogP contribution is 2.02. The molecule has 0 fully saturated rings. The zero-order valence-electron chi connectivity index (χ0n) is 11.4. The van der Waals surface area contributed by atoms with E-state index in [1.807, 2.05) is 6.92 Å². The SMILES string of the molecule is CCCC(O)CNC(=O)CNC(=O)c1cccc(F)c1. The number of benzene rings is 1. The van der Waals surface area contributed by atoms with Crippen LogP contribution in [-0.2, 0) is 4.79 Å². The molecule has 0 heterocycles. The largest absolute Gasteiger partial charge is 0.391 e. The van der Waals surface area contributed by atoms with E-state index in [2.05, 4.69) is 10.6 Å². The van der Waals surface area contributed by atoms with E-state index in [1.165, 1.54) is 18.2 Å². The quantitative estimate of drug-likeness (QED) is 0.693. The summed E-state index contributed by atoms with van der Waals surface area (Å²) in [6, 6.07) is 5.21. The molecule has 0 aliphatic heterocycles. The molecule has 0 saturated heterocycles. The fourth-order valence-corrected chi connectivity index (χ4v) is 1.62. The molecule has 0 bridgehead atoms. The summed E-state index contributed by atoms with van der Waals surface area (Å²) in [4.78, 5) is 23.1. The molecule has 3 N–H and O–H groups in total. The second-order valence-corrected chi connectivity index (χ2v) is 4.44. The molecule has 1 rings (SSSR count). The summed E-state index contributed by atoms with van der Waals surface area (Å²) in [6.07, 6.45) is 0.853. The predicted octanol–water partition coefficient (Wildman–Crippen LogP) is 0.833. The van der Waals surface area contributed by atoms with Gasteiger partial charge in [0.25, 0.3) is 5.91 Å². The summed E-state index contributed by atoms with van der Waals surface area (Å²) in [5, 5.41) is 14.3. The first-order chi connectivity index (χ1) is 9.52. The topological polar surface area (TPSA) is 78.4 Å². The van der Waals surface area contributed by atoms with Crippen molar-refractivity contribution >= 4 is 11.8 Å². The second-order valence-electron chi connectivity index (χ2n) is 4.44. The molecular formula is C14H19FN2O3. The molecule has 1 atom stereocenters. The van der Waals surface area contributed by atoms with Crippen molar-refractivity contribution in [3.8, 4) is 0 Å². The van der Waals surface area contributed by atoms with E-state index in [0.29, 0.717) is 6.42 Å². The Morgan fingerprint density at radius 3 is 2.75 bits per heavy atom. The highest BCUT2D eigenvalue weighted by atomic mass is 19.1. The van der Waals surface area contributed by atoms with Gasteiger partial charge in [-0.05, 0) is 24.6 Å². The maximum absolute atomic E-state index is 12.9. The summed E-state index contributed by atoms with van der Waals surface area (Å²) in [6.45, 7) is 1.88. The third-order valence-electron chi connectivity index (χ3n) is 2.65. The van der Waals surface area contributed by atoms with Crippen molar-refractivity contribution in [1.82, 2.24) is 10.6 Å². The molecule has 0 spiro atoms. The predicted molar refractivity (Wildman–Crippen MR) is 72.7 cm³/mol. The van der Waals surface area contributed by atoms with Gasteiger partial charge in [-0.1, -0.05) is 19.4 Å². The van der Waals surface area contributed by atoms with Crippen LogP contribution in [0.5, 0.6) is 0 Å². The average molecular weight is 282 g/mol. The maximum Gasteiger partial charge on any atom is 0.251 e. The van der Waals surface area contributed by atoms with E-state index in [1.54, 1.807) is 0 Å². The van der Waals surface area contributed by atoms with Crippen LogP contribution in [0.3, 0.4) is 0 Å². The lowest BCUT2D eigenvalue weighted by Gasteiger charge is -2.11. The minimum Gasteiger partial charge on any atom is -0.391 e. The zero-order chi connectivity index (χ0) is 15.0. The Hall–Kier alpha value is -1.95. The number of hydrogen-bond acceptors (Lipinski definition) is 3. The Bertz CT molecular complexity index is 465. The highest BCUT2D eigenvalue weighted by molar-refractivity contribution is 5.96. The molecule has 1 aromatic rings. The lowest BCUT2D eigenvalue weighted by molar-refractivity contribution is -0.120. The van der Waals surface area contributed by atoms with Crippen LogP contribution in [0, 0.1) is 5.82 Å². The Morgan fingerprint density at radius 1 is 1.35 bits per heavy atom. The van der Waals surface area contributed by atoms with Gasteiger partial charge in [-0.15, -0.1) is 0 Å². The number of nitrogens with one attached hydrogen (secondary N) is 2. The maximum atomic E-state index is 12.9. The molecule has 20 heavy (non-hydrogen) atoms. The number of halogens is 1. The molecule has 110 valence electrons. The standard InChI is InChI=1S/C14H19FN2O3/c1-2-4-12(18)8-16-13(19)9-17-14(20)10-5-3-6-11(15)7-10/h3,5-7,12,18H,2,4,8-9H2,1H3,(H,16,19)(H,17,20). The molecule has 2 amide bonds. The van der Waals surface area contributed by atoms with Gasteiger partial charge in [0, 0.05) is 12.1 Å². The number of rotatable bonds is 7. The van der Waals surface area contributed by atoms with Crippen molar-refractivity contribution < 1.29 is 19.1 Å². The molecule has 0 radical (unpaired) electrons. The van der Waals surface area contributed by atoms with E-state index in [-0.39, 0.29) is 18.7 Å². The summed E-state index contributed by atoms with van der Waals surface area (Å²) < 4.78 is 12.9. The third-order valence-corrected chi connectivity index (χ3v) is 2.65. The van der Waals surface area contributed by atoms with Crippen LogP contribution in [0.25, 0.3) is 0 Å². The van der Waals surface area contributed by atoms with Gasteiger partial charge in [0.2, 0.25) is 5.91 Å². The number of carbonyl (C=O) groups is 2. The van der Waals surface area contributed by atoms with Gasteiger partial charge in [0.15, 0.2) is 0 Å². The van der Waals surface area contributed by atoms with Crippen molar-refractivity contribution in [1.29, 1.82) is 0 Å². The fourth-order valence-electron chi connectivity index (χ4n) is 1.62. The number of amides is 2. The van der Waals surface area contributed by atoms with Gasteiger partial charge < -0.3 is 15.7 Å². The van der Waals surface area contributed by atoms with Gasteiger partial charge in [-0.2, -0.15) is 0 Å². The monoisotopic (exact) mass is 282 g/mol. The highest BCUT2D eigenvalue weighted by Gasteiger charge is 2.09. The lowest BCUT2D eigenvalue weighted by atomic mass is 10.2. The number of aliphatic hydroxyl groups excluding tert-OH is 1. The molecule has 0 aliphatic carbocycles. The molecule has 1 unspecified atom stereocenters. The van der Waals surface area contributed by atoms with E-state index in [4.69, 9.17) is 0 Å². The first-order valence-electron chi connectivity index (χ1n) is 6.51. The minimum atomic E-state index is -0.581. The van der Waals surface area contributed by atoms with Crippen LogP contribution in [0.15, 0.2) is 24.3 Å². The Balaban J connectivity index is 2.32. The van der Waals surface area contributed by atoms with Gasteiger partial charge >= 0.3 is 0 Å². The second kappa shape index (κ2) is 8.27. The minimum absolute atomic E-state index is 0.155. The molecule has 0 saturated carbocycles. The molecule has 1 aromatic carbocycles. The fraction of sp³-hybridized carbons (Fsp3) is 0.429. The molecule has 0 aromatic heterocycles. The zero-order valence-corrected chi connectivity index (χ0v) is 11.4. The van der Waals surface area contributed by atoms with Crippen LogP contribution in [-0.4, -0.2) is 36.1 Å². The summed E-state index contributed by atoms with van der Waals surface area (Å²) >= 11 is 0. The molecule has 5 nitrogen and oxygen atoms in total. The van der Waals surface area contributed by atoms with Gasteiger partial charge in [-0.25, -0.2) is 4.39 Å². The van der Waals surface area contributed by atoms with E-state index in [0.717, 1.165) is 12.5 Å². The third kappa shape index (κ3) is 5.79. The summed E-state index contributed by atoms with van der Waals surface area (Å²) in [7, 11) is 0. The van der Waals surface area contributed by atoms with Crippen molar-refractivity contribution in [2.24, 2.45) is 0 Å². The van der Waals surface area contributed by atoms with Crippen LogP contribution in [0.2, 0.25) is 0 Å². The normalized spacial score (nSPS) is 11.8. The van der Waals surface area contributed by atoms with Gasteiger partial charge in [0.1, 0.15) is 5.82 Å². The van der Waals surface area contributed by atoms with Crippen molar-refractivity contribution in [3.63, 3.8) is 0 Å². The van der Waals surface area contributed by atoms with Crippen molar-refractivity contribution in [2.45, 2.75) is 25.9 Å². The van der Waals surface area contributed by atoms with Crippen LogP contribution >= 0.6 is 0 Å². The number of aliphatic hydroxyl groups is 1. The molecule has 0 aliphatic rings. The van der Waals surface area contributed by atoms with Gasteiger partial charge in [-0.3, -0.25) is 9.59 Å². The van der Waals surface area contributed by atoms with Crippen LogP contribution in [0.1, 0.15) is 30.1 Å². The van der Waals surface area contributed by atoms with Crippen LogP contribution < -0.4 is 10.6 Å². The summed E-state index contributed by atoms with van der Waals surface area (Å²) in [5.74, 6) is -1.43. The van der Waals surface area contributed by atoms with Gasteiger partial charge in [0.05, 0.1) is 12.6 Å². The molecular weight excluding hydrogens is 263 g/mol. The first-order valence-corrected chi connectivity index (χ1v) is 6.51. The van der Waals surface area contributed by atoms with Crippen LogP contribution in [0.4, 0.5) is 4.39 Å². The average Bonchev–Trinajstić information content (AvgIpc) is 2.43. The van der Waals surface area contributed by atoms with Crippen molar-refractivity contribution in [3.05, 3.63) is 35.6 Å². The molecule has 6 heteroatoms. The number of hydrogen-bond donors (Lipinski definition) is 3.